The number of hydrogen-bond donors (Lipinski definition) is 1. The summed E-state index contributed by atoms with van der Waals surface area (Å²) in [6.45, 7) is 5.83. The van der Waals surface area contributed by atoms with E-state index in [1.54, 1.807) is 0 Å². The molecule has 0 aromatic carbocycles. The van der Waals surface area contributed by atoms with E-state index >= 15 is 0 Å². The number of rotatable bonds is 6. The summed E-state index contributed by atoms with van der Waals surface area (Å²) < 4.78 is 7.55. The van der Waals surface area contributed by atoms with Gasteiger partial charge in [0.25, 0.3) is 0 Å². The predicted octanol–water partition coefficient (Wildman–Crippen LogP) is 2.07. The molecule has 102 valence electrons. The first-order valence-corrected chi connectivity index (χ1v) is 7.02. The van der Waals surface area contributed by atoms with Gasteiger partial charge in [-0.15, -0.1) is 0 Å². The van der Waals surface area contributed by atoms with Crippen molar-refractivity contribution in [1.82, 2.24) is 9.78 Å². The molecule has 2 heterocycles. The third-order valence-electron chi connectivity index (χ3n) is 3.58. The SMILES string of the molecule is CCn1nc(C)cc1CC(O)CCC1CCCO1. The molecule has 0 radical (unpaired) electrons. The second-order valence-electron chi connectivity index (χ2n) is 5.16. The van der Waals surface area contributed by atoms with Crippen molar-refractivity contribution >= 4 is 0 Å². The minimum absolute atomic E-state index is 0.282. The first-order valence-electron chi connectivity index (χ1n) is 7.02. The normalized spacial score (nSPS) is 21.4. The van der Waals surface area contributed by atoms with Gasteiger partial charge >= 0.3 is 0 Å². The molecule has 1 fully saturated rings. The highest BCUT2D eigenvalue weighted by atomic mass is 16.5. The van der Waals surface area contributed by atoms with Crippen LogP contribution < -0.4 is 0 Å². The molecule has 4 nitrogen and oxygen atoms in total. The summed E-state index contributed by atoms with van der Waals surface area (Å²) in [4.78, 5) is 0. The van der Waals surface area contributed by atoms with E-state index in [0.29, 0.717) is 12.5 Å². The van der Waals surface area contributed by atoms with Gasteiger partial charge in [0.2, 0.25) is 0 Å². The zero-order valence-electron chi connectivity index (χ0n) is 11.4. The van der Waals surface area contributed by atoms with Gasteiger partial charge in [0.15, 0.2) is 0 Å². The molecule has 4 heteroatoms. The molecule has 2 atom stereocenters. The molecular weight excluding hydrogens is 228 g/mol. The van der Waals surface area contributed by atoms with Crippen molar-refractivity contribution in [2.24, 2.45) is 0 Å². The maximum atomic E-state index is 10.1. The number of ether oxygens (including phenoxy) is 1. The molecule has 2 rings (SSSR count). The van der Waals surface area contributed by atoms with Crippen LogP contribution in [0.15, 0.2) is 6.07 Å². The topological polar surface area (TPSA) is 47.3 Å². The Balaban J connectivity index is 1.80. The lowest BCUT2D eigenvalue weighted by atomic mass is 10.0. The maximum Gasteiger partial charge on any atom is 0.0596 e. The minimum Gasteiger partial charge on any atom is -0.393 e. The van der Waals surface area contributed by atoms with Crippen molar-refractivity contribution in [3.63, 3.8) is 0 Å². The average molecular weight is 252 g/mol. The van der Waals surface area contributed by atoms with Gasteiger partial charge < -0.3 is 9.84 Å². The first-order chi connectivity index (χ1) is 8.69. The van der Waals surface area contributed by atoms with Crippen LogP contribution >= 0.6 is 0 Å². The zero-order valence-corrected chi connectivity index (χ0v) is 11.4. The number of aryl methyl sites for hydroxylation is 2. The fourth-order valence-corrected chi connectivity index (χ4v) is 2.63. The molecule has 0 bridgehead atoms. The van der Waals surface area contributed by atoms with E-state index in [9.17, 15) is 5.11 Å². The van der Waals surface area contributed by atoms with Crippen molar-refractivity contribution in [3.8, 4) is 0 Å². The molecule has 2 unspecified atom stereocenters. The first kappa shape index (κ1) is 13.6. The number of hydrogen-bond acceptors (Lipinski definition) is 3. The molecule has 0 spiro atoms. The smallest absolute Gasteiger partial charge is 0.0596 e. The number of aromatic nitrogens is 2. The van der Waals surface area contributed by atoms with E-state index < -0.39 is 0 Å². The molecular formula is C14H24N2O2. The summed E-state index contributed by atoms with van der Waals surface area (Å²) >= 11 is 0. The van der Waals surface area contributed by atoms with Crippen LogP contribution in [0.3, 0.4) is 0 Å². The summed E-state index contributed by atoms with van der Waals surface area (Å²) in [7, 11) is 0. The summed E-state index contributed by atoms with van der Waals surface area (Å²) in [6.07, 6.45) is 4.90. The maximum absolute atomic E-state index is 10.1. The molecule has 1 aromatic rings. The Morgan fingerprint density at radius 2 is 2.44 bits per heavy atom. The quantitative estimate of drug-likeness (QED) is 0.843. The molecule has 1 aliphatic heterocycles. The monoisotopic (exact) mass is 252 g/mol. The Hall–Kier alpha value is -0.870. The molecule has 0 amide bonds. The van der Waals surface area contributed by atoms with Crippen molar-refractivity contribution < 1.29 is 9.84 Å². The fourth-order valence-electron chi connectivity index (χ4n) is 2.63. The average Bonchev–Trinajstić information content (AvgIpc) is 2.96. The number of aliphatic hydroxyl groups excluding tert-OH is 1. The highest BCUT2D eigenvalue weighted by molar-refractivity contribution is 5.09. The summed E-state index contributed by atoms with van der Waals surface area (Å²) in [6, 6.07) is 2.07. The van der Waals surface area contributed by atoms with E-state index in [0.717, 1.165) is 43.8 Å². The molecule has 1 aliphatic rings. The Kier molecular flexibility index (Phi) is 4.78. The van der Waals surface area contributed by atoms with Gasteiger partial charge in [-0.3, -0.25) is 4.68 Å². The van der Waals surface area contributed by atoms with Crippen molar-refractivity contribution in [3.05, 3.63) is 17.5 Å². The van der Waals surface area contributed by atoms with Crippen LogP contribution in [0, 0.1) is 6.92 Å². The van der Waals surface area contributed by atoms with Gasteiger partial charge in [-0.25, -0.2) is 0 Å². The summed E-state index contributed by atoms with van der Waals surface area (Å²) in [5.74, 6) is 0. The van der Waals surface area contributed by atoms with E-state index in [-0.39, 0.29) is 6.10 Å². The largest absolute Gasteiger partial charge is 0.393 e. The fraction of sp³-hybridized carbons (Fsp3) is 0.786. The molecule has 18 heavy (non-hydrogen) atoms. The van der Waals surface area contributed by atoms with Gasteiger partial charge in [0.05, 0.1) is 17.9 Å². The third kappa shape index (κ3) is 3.56. The molecule has 1 saturated heterocycles. The van der Waals surface area contributed by atoms with Crippen LogP contribution in [0.2, 0.25) is 0 Å². The molecule has 1 N–H and O–H groups in total. The second kappa shape index (κ2) is 6.34. The van der Waals surface area contributed by atoms with Gasteiger partial charge in [-0.05, 0) is 45.6 Å². The lowest BCUT2D eigenvalue weighted by Gasteiger charge is -2.14. The van der Waals surface area contributed by atoms with Crippen molar-refractivity contribution in [1.29, 1.82) is 0 Å². The van der Waals surface area contributed by atoms with Gasteiger partial charge in [-0.2, -0.15) is 5.10 Å². The minimum atomic E-state index is -0.282. The highest BCUT2D eigenvalue weighted by Crippen LogP contribution is 2.19. The van der Waals surface area contributed by atoms with Gasteiger partial charge in [0, 0.05) is 25.3 Å². The lowest BCUT2D eigenvalue weighted by Crippen LogP contribution is -2.17. The van der Waals surface area contributed by atoms with E-state index in [1.165, 1.54) is 6.42 Å². The summed E-state index contributed by atoms with van der Waals surface area (Å²) in [5, 5.41) is 14.5. The highest BCUT2D eigenvalue weighted by Gasteiger charge is 2.18. The van der Waals surface area contributed by atoms with Gasteiger partial charge in [0.1, 0.15) is 0 Å². The zero-order chi connectivity index (χ0) is 13.0. The van der Waals surface area contributed by atoms with Crippen molar-refractivity contribution in [2.75, 3.05) is 6.61 Å². The van der Waals surface area contributed by atoms with Crippen LogP contribution in [0.25, 0.3) is 0 Å². The van der Waals surface area contributed by atoms with Crippen molar-refractivity contribution in [2.45, 2.75) is 64.7 Å². The number of aliphatic hydroxyl groups is 1. The van der Waals surface area contributed by atoms with E-state index in [4.69, 9.17) is 4.74 Å². The molecule has 1 aromatic heterocycles. The Bertz CT molecular complexity index is 370. The lowest BCUT2D eigenvalue weighted by molar-refractivity contribution is 0.0808. The predicted molar refractivity (Wildman–Crippen MR) is 70.6 cm³/mol. The Labute approximate surface area is 109 Å². The second-order valence-corrected chi connectivity index (χ2v) is 5.16. The molecule has 0 aliphatic carbocycles. The van der Waals surface area contributed by atoms with Crippen LogP contribution in [-0.2, 0) is 17.7 Å². The standard InChI is InChI=1S/C14H24N2O2/c1-3-16-12(9-11(2)15-16)10-13(17)6-7-14-5-4-8-18-14/h9,13-14,17H,3-8,10H2,1-2H3. The van der Waals surface area contributed by atoms with Crippen LogP contribution in [-0.4, -0.2) is 33.7 Å². The van der Waals surface area contributed by atoms with Crippen LogP contribution in [0.5, 0.6) is 0 Å². The summed E-state index contributed by atoms with van der Waals surface area (Å²) in [5.41, 5.74) is 2.16. The van der Waals surface area contributed by atoms with Crippen LogP contribution in [0.4, 0.5) is 0 Å². The van der Waals surface area contributed by atoms with Gasteiger partial charge in [-0.1, -0.05) is 0 Å². The third-order valence-corrected chi connectivity index (χ3v) is 3.58. The van der Waals surface area contributed by atoms with E-state index in [1.807, 2.05) is 11.6 Å². The molecule has 0 saturated carbocycles. The Morgan fingerprint density at radius 1 is 1.61 bits per heavy atom. The van der Waals surface area contributed by atoms with E-state index in [2.05, 4.69) is 18.1 Å². The van der Waals surface area contributed by atoms with Crippen LogP contribution in [0.1, 0.15) is 44.0 Å². The Morgan fingerprint density at radius 3 is 3.11 bits per heavy atom. The number of nitrogens with zero attached hydrogens (tertiary/aromatic N) is 2.